The molecule has 0 radical (unpaired) electrons. The lowest BCUT2D eigenvalue weighted by molar-refractivity contribution is 1.00. The maximum Gasteiger partial charge on any atom is 0.195 e. The number of aryl methyl sites for hydroxylation is 1. The Morgan fingerprint density at radius 1 is 1.04 bits per heavy atom. The third-order valence-corrected chi connectivity index (χ3v) is 4.86. The van der Waals surface area contributed by atoms with Crippen LogP contribution >= 0.6 is 24.6 Å². The summed E-state index contributed by atoms with van der Waals surface area (Å²) in [7, 11) is 0. The largest absolute Gasteiger partial charge is 0.332 e. The van der Waals surface area contributed by atoms with Gasteiger partial charge in [-0.15, -0.1) is 0 Å². The van der Waals surface area contributed by atoms with Gasteiger partial charge in [-0.3, -0.25) is 5.10 Å². The number of nitrogens with zero attached hydrogens (tertiary/aromatic N) is 3. The van der Waals surface area contributed by atoms with Gasteiger partial charge in [0, 0.05) is 27.7 Å². The van der Waals surface area contributed by atoms with E-state index in [1.807, 2.05) is 61.5 Å². The molecule has 6 nitrogen and oxygen atoms in total. The van der Waals surface area contributed by atoms with Gasteiger partial charge in [0.1, 0.15) is 5.82 Å². The summed E-state index contributed by atoms with van der Waals surface area (Å²) in [4.78, 5) is 10.4. The summed E-state index contributed by atoms with van der Waals surface area (Å²) in [6.07, 6.45) is 0. The molecular weight excluding hydrogens is 364 g/mol. The second-order valence-corrected chi connectivity index (χ2v) is 6.94. The number of nitrogens with one attached hydrogen (secondary N) is 3. The molecule has 0 unspecified atom stereocenters. The van der Waals surface area contributed by atoms with Crippen LogP contribution in [0.1, 0.15) is 5.69 Å². The first-order chi connectivity index (χ1) is 12.7. The summed E-state index contributed by atoms with van der Waals surface area (Å²) in [5, 5.41) is 12.1. The molecule has 0 amide bonds. The SMILES string of the molecule is Cc1cc(Nc2nc(Sc3ccc(NS)cc3)nc3ccccc23)n[nH]1. The molecule has 2 aromatic carbocycles. The molecule has 4 aromatic rings. The molecule has 0 bridgehead atoms. The Labute approximate surface area is 160 Å². The van der Waals surface area contributed by atoms with E-state index in [9.17, 15) is 0 Å². The first-order valence-corrected chi connectivity index (χ1v) is 9.21. The zero-order chi connectivity index (χ0) is 17.9. The minimum atomic E-state index is 0.671. The van der Waals surface area contributed by atoms with Gasteiger partial charge >= 0.3 is 0 Å². The average Bonchev–Trinajstić information content (AvgIpc) is 3.07. The average molecular weight is 381 g/mol. The van der Waals surface area contributed by atoms with Gasteiger partial charge in [0.2, 0.25) is 0 Å². The van der Waals surface area contributed by atoms with E-state index in [1.165, 1.54) is 11.8 Å². The molecular formula is C18H16N6S2. The number of hydrogen-bond acceptors (Lipinski definition) is 7. The minimum Gasteiger partial charge on any atom is -0.332 e. The van der Waals surface area contributed by atoms with Crippen LogP contribution in [0.25, 0.3) is 10.9 Å². The van der Waals surface area contributed by atoms with Crippen LogP contribution in [0, 0.1) is 6.92 Å². The summed E-state index contributed by atoms with van der Waals surface area (Å²) < 4.78 is 2.81. The summed E-state index contributed by atoms with van der Waals surface area (Å²) in [5.74, 6) is 1.46. The lowest BCUT2D eigenvalue weighted by Crippen LogP contribution is -1.99. The molecule has 0 aliphatic rings. The first kappa shape index (κ1) is 16.7. The summed E-state index contributed by atoms with van der Waals surface area (Å²) in [6, 6.07) is 17.8. The second kappa shape index (κ2) is 7.27. The van der Waals surface area contributed by atoms with Crippen LogP contribution in [0.4, 0.5) is 17.3 Å². The Kier molecular flexibility index (Phi) is 4.68. The van der Waals surface area contributed by atoms with E-state index in [-0.39, 0.29) is 0 Å². The van der Waals surface area contributed by atoms with Gasteiger partial charge in [-0.05, 0) is 55.1 Å². The predicted octanol–water partition coefficient (Wildman–Crippen LogP) is 4.81. The Morgan fingerprint density at radius 3 is 2.58 bits per heavy atom. The smallest absolute Gasteiger partial charge is 0.195 e. The van der Waals surface area contributed by atoms with Crippen molar-refractivity contribution in [3.8, 4) is 0 Å². The molecule has 8 heteroatoms. The van der Waals surface area contributed by atoms with Gasteiger partial charge < -0.3 is 10.0 Å². The quantitative estimate of drug-likeness (QED) is 0.294. The van der Waals surface area contributed by atoms with Crippen LogP contribution in [0.2, 0.25) is 0 Å². The monoisotopic (exact) mass is 380 g/mol. The molecule has 0 fully saturated rings. The molecule has 0 spiro atoms. The van der Waals surface area contributed by atoms with Crippen LogP contribution in [-0.2, 0) is 0 Å². The van der Waals surface area contributed by atoms with Gasteiger partial charge in [0.05, 0.1) is 5.52 Å². The number of aromatic amines is 1. The molecule has 0 saturated carbocycles. The molecule has 2 aromatic heterocycles. The van der Waals surface area contributed by atoms with Crippen molar-refractivity contribution in [1.82, 2.24) is 20.2 Å². The lowest BCUT2D eigenvalue weighted by Gasteiger charge is -2.09. The fraction of sp³-hybridized carbons (Fsp3) is 0.0556. The summed E-state index contributed by atoms with van der Waals surface area (Å²) in [6.45, 7) is 1.96. The third-order valence-electron chi connectivity index (χ3n) is 3.73. The van der Waals surface area contributed by atoms with Crippen molar-refractivity contribution in [2.75, 3.05) is 10.0 Å². The molecule has 4 rings (SSSR count). The molecule has 0 aliphatic carbocycles. The summed E-state index contributed by atoms with van der Waals surface area (Å²) >= 11 is 5.56. The maximum atomic E-state index is 4.70. The number of aromatic nitrogens is 4. The Bertz CT molecular complexity index is 1050. The van der Waals surface area contributed by atoms with Crippen molar-refractivity contribution in [3.05, 3.63) is 60.3 Å². The first-order valence-electron chi connectivity index (χ1n) is 7.95. The molecule has 3 N–H and O–H groups in total. The second-order valence-electron chi connectivity index (χ2n) is 5.67. The fourth-order valence-electron chi connectivity index (χ4n) is 2.50. The van der Waals surface area contributed by atoms with Gasteiger partial charge in [-0.1, -0.05) is 24.9 Å². The number of anilines is 3. The van der Waals surface area contributed by atoms with Crippen molar-refractivity contribution in [2.45, 2.75) is 17.0 Å². The van der Waals surface area contributed by atoms with Crippen molar-refractivity contribution in [2.24, 2.45) is 0 Å². The number of para-hydroxylation sites is 1. The van der Waals surface area contributed by atoms with Gasteiger partial charge in [-0.2, -0.15) is 5.10 Å². The zero-order valence-electron chi connectivity index (χ0n) is 13.9. The zero-order valence-corrected chi connectivity index (χ0v) is 15.6. The third kappa shape index (κ3) is 3.61. The van der Waals surface area contributed by atoms with Crippen LogP contribution in [0.5, 0.6) is 0 Å². The van der Waals surface area contributed by atoms with E-state index in [2.05, 4.69) is 38.0 Å². The Hall–Kier alpha value is -2.71. The predicted molar refractivity (Wildman–Crippen MR) is 109 cm³/mol. The van der Waals surface area contributed by atoms with Crippen LogP contribution in [-0.4, -0.2) is 20.2 Å². The fourth-order valence-corrected chi connectivity index (χ4v) is 3.42. The highest BCUT2D eigenvalue weighted by Crippen LogP contribution is 2.31. The van der Waals surface area contributed by atoms with E-state index in [0.717, 1.165) is 38.8 Å². The van der Waals surface area contributed by atoms with Gasteiger partial charge in [-0.25, -0.2) is 9.97 Å². The molecule has 0 aliphatic heterocycles. The number of hydrogen-bond donors (Lipinski definition) is 4. The number of H-pyrrole nitrogens is 1. The molecule has 0 atom stereocenters. The van der Waals surface area contributed by atoms with E-state index in [4.69, 9.17) is 4.98 Å². The van der Waals surface area contributed by atoms with Gasteiger partial charge in [0.25, 0.3) is 0 Å². The van der Waals surface area contributed by atoms with Crippen molar-refractivity contribution < 1.29 is 0 Å². The van der Waals surface area contributed by atoms with Crippen molar-refractivity contribution in [3.63, 3.8) is 0 Å². The number of thiol groups is 1. The molecule has 0 saturated heterocycles. The Morgan fingerprint density at radius 2 is 1.85 bits per heavy atom. The Balaban J connectivity index is 1.70. The van der Waals surface area contributed by atoms with Crippen LogP contribution in [0.3, 0.4) is 0 Å². The highest BCUT2D eigenvalue weighted by Gasteiger charge is 2.10. The van der Waals surface area contributed by atoms with E-state index < -0.39 is 0 Å². The lowest BCUT2D eigenvalue weighted by atomic mass is 10.2. The molecule has 26 heavy (non-hydrogen) atoms. The number of benzene rings is 2. The highest BCUT2D eigenvalue weighted by molar-refractivity contribution is 7.99. The molecule has 130 valence electrons. The maximum absolute atomic E-state index is 4.70. The van der Waals surface area contributed by atoms with E-state index in [0.29, 0.717) is 5.16 Å². The normalized spacial score (nSPS) is 10.8. The number of rotatable bonds is 5. The van der Waals surface area contributed by atoms with E-state index >= 15 is 0 Å². The highest BCUT2D eigenvalue weighted by atomic mass is 32.2. The molecule has 2 heterocycles. The van der Waals surface area contributed by atoms with Crippen molar-refractivity contribution in [1.29, 1.82) is 0 Å². The minimum absolute atomic E-state index is 0.671. The standard InChI is InChI=1S/C18H16N6S2/c1-11-10-16(23-22-11)20-17-14-4-2-3-5-15(14)19-18(21-17)26-13-8-6-12(24-25)7-9-13/h2-10,24-25H,1H3,(H2,19,20,21,22,23). The van der Waals surface area contributed by atoms with Crippen LogP contribution in [0.15, 0.2) is 64.6 Å². The van der Waals surface area contributed by atoms with E-state index in [1.54, 1.807) is 0 Å². The van der Waals surface area contributed by atoms with Crippen LogP contribution < -0.4 is 10.0 Å². The van der Waals surface area contributed by atoms with Gasteiger partial charge in [0.15, 0.2) is 11.0 Å². The van der Waals surface area contributed by atoms with Crippen molar-refractivity contribution >= 4 is 52.8 Å². The number of fused-ring (bicyclic) bond motifs is 1. The summed E-state index contributed by atoms with van der Waals surface area (Å²) in [5.41, 5.74) is 2.81. The topological polar surface area (TPSA) is 78.5 Å².